The molecule has 2 rings (SSSR count). The first-order chi connectivity index (χ1) is 9.13. The zero-order valence-electron chi connectivity index (χ0n) is 10.5. The van der Waals surface area contributed by atoms with Gasteiger partial charge in [0.2, 0.25) is 0 Å². The summed E-state index contributed by atoms with van der Waals surface area (Å²) in [6, 6.07) is 4.20. The molecule has 0 radical (unpaired) electrons. The molecule has 1 saturated heterocycles. The highest BCUT2D eigenvalue weighted by atomic mass is 16.6. The fraction of sp³-hybridized carbons (Fsp3) is 0.417. The lowest BCUT2D eigenvalue weighted by atomic mass is 10.1. The van der Waals surface area contributed by atoms with Gasteiger partial charge < -0.3 is 10.3 Å². The average Bonchev–Trinajstić information content (AvgIpc) is 2.46. The molecule has 1 aliphatic rings. The minimum absolute atomic E-state index is 0.0855. The van der Waals surface area contributed by atoms with Crippen LogP contribution in [0, 0.1) is 10.1 Å². The Bertz CT molecular complexity index is 498. The van der Waals surface area contributed by atoms with Crippen LogP contribution in [0.4, 0.5) is 11.4 Å². The quantitative estimate of drug-likeness (QED) is 0.489. The number of nitrogens with zero attached hydrogens (tertiary/aromatic N) is 2. The second kappa shape index (κ2) is 5.66. The molecule has 7 nitrogen and oxygen atoms in total. The molecule has 1 heterocycles. The van der Waals surface area contributed by atoms with E-state index in [-0.39, 0.29) is 17.2 Å². The Labute approximate surface area is 110 Å². The maximum atomic E-state index is 12.3. The average molecular weight is 264 g/mol. The SMILES string of the molecule is NNc1ccc([N+](=O)[O-])c(C(=O)N2CCCCC2)c1. The Kier molecular flexibility index (Phi) is 3.96. The van der Waals surface area contributed by atoms with Crippen LogP contribution in [0.15, 0.2) is 18.2 Å². The lowest BCUT2D eigenvalue weighted by Crippen LogP contribution is -2.36. The third-order valence-corrected chi connectivity index (χ3v) is 3.23. The highest BCUT2D eigenvalue weighted by molar-refractivity contribution is 5.99. The summed E-state index contributed by atoms with van der Waals surface area (Å²) in [5.74, 6) is 4.98. The van der Waals surface area contributed by atoms with E-state index < -0.39 is 4.92 Å². The second-order valence-corrected chi connectivity index (χ2v) is 4.49. The topological polar surface area (TPSA) is 101 Å². The number of nitro benzene ring substituents is 1. The summed E-state index contributed by atoms with van der Waals surface area (Å²) in [5.41, 5.74) is 2.78. The molecule has 1 amide bonds. The van der Waals surface area contributed by atoms with Crippen molar-refractivity contribution in [2.45, 2.75) is 19.3 Å². The first-order valence-electron chi connectivity index (χ1n) is 6.18. The number of nitrogens with two attached hydrogens (primary N) is 1. The van der Waals surface area contributed by atoms with Crippen LogP contribution in [-0.2, 0) is 0 Å². The normalized spacial score (nSPS) is 15.1. The van der Waals surface area contributed by atoms with Gasteiger partial charge in [0.25, 0.3) is 11.6 Å². The van der Waals surface area contributed by atoms with Gasteiger partial charge in [-0.05, 0) is 31.4 Å². The maximum Gasteiger partial charge on any atom is 0.282 e. The van der Waals surface area contributed by atoms with Gasteiger partial charge in [-0.2, -0.15) is 0 Å². The van der Waals surface area contributed by atoms with Crippen molar-refractivity contribution in [1.82, 2.24) is 4.90 Å². The molecular weight excluding hydrogens is 248 g/mol. The first kappa shape index (κ1) is 13.3. The van der Waals surface area contributed by atoms with Gasteiger partial charge in [-0.3, -0.25) is 20.8 Å². The molecule has 0 atom stereocenters. The van der Waals surface area contributed by atoms with Gasteiger partial charge in [-0.25, -0.2) is 0 Å². The molecule has 0 unspecified atom stereocenters. The van der Waals surface area contributed by atoms with Crippen LogP contribution in [0.5, 0.6) is 0 Å². The van der Waals surface area contributed by atoms with Crippen molar-refractivity contribution >= 4 is 17.3 Å². The number of hydrogen-bond acceptors (Lipinski definition) is 5. The predicted octanol–water partition coefficient (Wildman–Crippen LogP) is 1.51. The van der Waals surface area contributed by atoms with E-state index in [1.807, 2.05) is 0 Å². The van der Waals surface area contributed by atoms with E-state index in [2.05, 4.69) is 5.43 Å². The van der Waals surface area contributed by atoms with Crippen LogP contribution in [-0.4, -0.2) is 28.8 Å². The maximum absolute atomic E-state index is 12.3. The van der Waals surface area contributed by atoms with Crippen LogP contribution in [0.2, 0.25) is 0 Å². The molecule has 3 N–H and O–H groups in total. The van der Waals surface area contributed by atoms with Crippen LogP contribution >= 0.6 is 0 Å². The number of rotatable bonds is 3. The molecule has 0 bridgehead atoms. The van der Waals surface area contributed by atoms with E-state index in [9.17, 15) is 14.9 Å². The molecule has 0 aliphatic carbocycles. The number of likely N-dealkylation sites (tertiary alicyclic amines) is 1. The van der Waals surface area contributed by atoms with Crippen molar-refractivity contribution in [3.05, 3.63) is 33.9 Å². The largest absolute Gasteiger partial charge is 0.338 e. The van der Waals surface area contributed by atoms with E-state index in [1.165, 1.54) is 18.2 Å². The van der Waals surface area contributed by atoms with Gasteiger partial charge in [0.15, 0.2) is 0 Å². The molecule has 0 spiro atoms. The van der Waals surface area contributed by atoms with Gasteiger partial charge in [-0.15, -0.1) is 0 Å². The Balaban J connectivity index is 2.34. The smallest absolute Gasteiger partial charge is 0.282 e. The fourth-order valence-electron chi connectivity index (χ4n) is 2.22. The third kappa shape index (κ3) is 2.82. The minimum Gasteiger partial charge on any atom is -0.338 e. The van der Waals surface area contributed by atoms with Gasteiger partial charge in [0, 0.05) is 24.8 Å². The monoisotopic (exact) mass is 264 g/mol. The van der Waals surface area contributed by atoms with Gasteiger partial charge in [-0.1, -0.05) is 0 Å². The summed E-state index contributed by atoms with van der Waals surface area (Å²) in [6.07, 6.45) is 2.97. The number of nitrogen functional groups attached to an aromatic ring is 1. The lowest BCUT2D eigenvalue weighted by Gasteiger charge is -2.26. The van der Waals surface area contributed by atoms with Gasteiger partial charge in [0.05, 0.1) is 4.92 Å². The number of carbonyl (C=O) groups is 1. The van der Waals surface area contributed by atoms with E-state index >= 15 is 0 Å². The summed E-state index contributed by atoms with van der Waals surface area (Å²) in [7, 11) is 0. The van der Waals surface area contributed by atoms with Crippen LogP contribution < -0.4 is 11.3 Å². The zero-order chi connectivity index (χ0) is 13.8. The van der Waals surface area contributed by atoms with E-state index in [4.69, 9.17) is 5.84 Å². The second-order valence-electron chi connectivity index (χ2n) is 4.49. The Hall–Kier alpha value is -2.15. The number of carbonyl (C=O) groups excluding carboxylic acids is 1. The van der Waals surface area contributed by atoms with Crippen LogP contribution in [0.3, 0.4) is 0 Å². The van der Waals surface area contributed by atoms with Crippen molar-refractivity contribution in [3.8, 4) is 0 Å². The number of nitrogens with one attached hydrogen (secondary N) is 1. The molecule has 1 aromatic carbocycles. The van der Waals surface area contributed by atoms with Crippen molar-refractivity contribution < 1.29 is 9.72 Å². The molecule has 0 aromatic heterocycles. The third-order valence-electron chi connectivity index (χ3n) is 3.23. The summed E-state index contributed by atoms with van der Waals surface area (Å²) < 4.78 is 0. The molecule has 19 heavy (non-hydrogen) atoms. The number of piperidine rings is 1. The zero-order valence-corrected chi connectivity index (χ0v) is 10.5. The summed E-state index contributed by atoms with van der Waals surface area (Å²) >= 11 is 0. The van der Waals surface area contributed by atoms with Crippen LogP contribution in [0.1, 0.15) is 29.6 Å². The van der Waals surface area contributed by atoms with Crippen LogP contribution in [0.25, 0.3) is 0 Å². The van der Waals surface area contributed by atoms with Crippen molar-refractivity contribution in [1.29, 1.82) is 0 Å². The number of hydrogen-bond donors (Lipinski definition) is 2. The van der Waals surface area contributed by atoms with Crippen molar-refractivity contribution in [2.75, 3.05) is 18.5 Å². The number of anilines is 1. The Morgan fingerprint density at radius 1 is 1.32 bits per heavy atom. The molecule has 7 heteroatoms. The highest BCUT2D eigenvalue weighted by Gasteiger charge is 2.26. The number of hydrazine groups is 1. The number of amides is 1. The van der Waals surface area contributed by atoms with E-state index in [0.717, 1.165) is 19.3 Å². The molecule has 1 fully saturated rings. The summed E-state index contributed by atoms with van der Waals surface area (Å²) in [4.78, 5) is 24.5. The molecular formula is C12H16N4O3. The summed E-state index contributed by atoms with van der Waals surface area (Å²) in [5, 5.41) is 11.0. The number of benzene rings is 1. The predicted molar refractivity (Wildman–Crippen MR) is 70.7 cm³/mol. The van der Waals surface area contributed by atoms with E-state index in [1.54, 1.807) is 4.90 Å². The van der Waals surface area contributed by atoms with Crippen molar-refractivity contribution in [2.24, 2.45) is 5.84 Å². The fourth-order valence-corrected chi connectivity index (χ4v) is 2.22. The molecule has 102 valence electrons. The minimum atomic E-state index is -0.544. The Morgan fingerprint density at radius 2 is 2.00 bits per heavy atom. The molecule has 1 aromatic rings. The van der Waals surface area contributed by atoms with Gasteiger partial charge >= 0.3 is 0 Å². The number of nitro groups is 1. The molecule has 1 aliphatic heterocycles. The van der Waals surface area contributed by atoms with E-state index in [0.29, 0.717) is 18.8 Å². The molecule has 0 saturated carbocycles. The standard InChI is InChI=1S/C12H16N4O3/c13-14-9-4-5-11(16(18)19)10(8-9)12(17)15-6-2-1-3-7-15/h4-5,8,14H,1-3,6-7,13H2. The summed E-state index contributed by atoms with van der Waals surface area (Å²) in [6.45, 7) is 1.30. The van der Waals surface area contributed by atoms with Gasteiger partial charge in [0.1, 0.15) is 5.56 Å². The Morgan fingerprint density at radius 3 is 2.58 bits per heavy atom. The first-order valence-corrected chi connectivity index (χ1v) is 6.18. The lowest BCUT2D eigenvalue weighted by molar-refractivity contribution is -0.385. The highest BCUT2D eigenvalue weighted by Crippen LogP contribution is 2.25. The van der Waals surface area contributed by atoms with Crippen molar-refractivity contribution in [3.63, 3.8) is 0 Å².